The molecule has 0 aliphatic carbocycles. The van der Waals surface area contributed by atoms with Crippen molar-refractivity contribution in [3.8, 4) is 28.7 Å². The molecule has 8 nitrogen and oxygen atoms in total. The summed E-state index contributed by atoms with van der Waals surface area (Å²) in [6, 6.07) is 28.8. The lowest BCUT2D eigenvalue weighted by atomic mass is 10.1. The van der Waals surface area contributed by atoms with Crippen LogP contribution >= 0.6 is 11.8 Å². The van der Waals surface area contributed by atoms with Crippen LogP contribution in [0.25, 0.3) is 28.7 Å². The van der Waals surface area contributed by atoms with Crippen molar-refractivity contribution in [2.45, 2.75) is 18.7 Å². The van der Waals surface area contributed by atoms with Gasteiger partial charge >= 0.3 is 0 Å². The number of nitriles is 1. The third kappa shape index (κ3) is 5.64. The van der Waals surface area contributed by atoms with Crippen molar-refractivity contribution in [2.75, 3.05) is 11.1 Å². The summed E-state index contributed by atoms with van der Waals surface area (Å²) in [5.41, 5.74) is 3.74. The highest BCUT2D eigenvalue weighted by Gasteiger charge is 2.21. The molecule has 5 aromatic rings. The van der Waals surface area contributed by atoms with E-state index in [-0.39, 0.29) is 16.8 Å². The molecule has 0 saturated heterocycles. The van der Waals surface area contributed by atoms with Crippen LogP contribution in [-0.4, -0.2) is 30.8 Å². The lowest BCUT2D eigenvalue weighted by molar-refractivity contribution is -0.112. The molecule has 204 valence electrons. The van der Waals surface area contributed by atoms with Gasteiger partial charge in [-0.25, -0.2) is 9.36 Å². The van der Waals surface area contributed by atoms with Gasteiger partial charge in [0.1, 0.15) is 17.3 Å². The molecule has 1 amide bonds. The van der Waals surface area contributed by atoms with Crippen LogP contribution in [0.2, 0.25) is 0 Å². The van der Waals surface area contributed by atoms with Gasteiger partial charge in [0, 0.05) is 29.3 Å². The van der Waals surface area contributed by atoms with Crippen molar-refractivity contribution >= 4 is 29.4 Å². The first-order valence-electron chi connectivity index (χ1n) is 13.1. The van der Waals surface area contributed by atoms with Crippen molar-refractivity contribution in [2.24, 2.45) is 7.05 Å². The first kappa shape index (κ1) is 27.5. The number of thioether (sulfide) groups is 1. The Morgan fingerprint density at radius 3 is 2.24 bits per heavy atom. The highest BCUT2D eigenvalue weighted by Crippen LogP contribution is 2.28. The standard InChI is InChI=1S/C32H28N6O2S/c1-4-41-28-17-15-23(16-18-28)30-25(21-37(35-30)26-11-7-5-8-12-26)19-24(20-33)31(39)34-29-22(2)36(3)38(32(29)40)27-13-9-6-10-14-27/h5-19,21H,4H2,1-3H3,(H,34,39). The molecule has 0 unspecified atom stereocenters. The van der Waals surface area contributed by atoms with E-state index in [0.29, 0.717) is 22.6 Å². The Labute approximate surface area is 242 Å². The number of para-hydroxylation sites is 2. The third-order valence-electron chi connectivity index (χ3n) is 6.66. The average molecular weight is 561 g/mol. The van der Waals surface area contributed by atoms with Crippen molar-refractivity contribution < 1.29 is 4.79 Å². The fourth-order valence-electron chi connectivity index (χ4n) is 4.50. The number of nitrogens with one attached hydrogen (secondary N) is 1. The van der Waals surface area contributed by atoms with E-state index >= 15 is 0 Å². The largest absolute Gasteiger partial charge is 0.315 e. The van der Waals surface area contributed by atoms with Crippen LogP contribution < -0.4 is 10.9 Å². The maximum atomic E-state index is 13.4. The zero-order valence-electron chi connectivity index (χ0n) is 22.9. The van der Waals surface area contributed by atoms with Crippen LogP contribution in [0.1, 0.15) is 18.2 Å². The van der Waals surface area contributed by atoms with Gasteiger partial charge in [-0.05, 0) is 55.2 Å². The molecule has 0 fully saturated rings. The molecule has 3 aromatic carbocycles. The quantitative estimate of drug-likeness (QED) is 0.143. The van der Waals surface area contributed by atoms with Crippen LogP contribution in [0.3, 0.4) is 0 Å². The second-order valence-corrected chi connectivity index (χ2v) is 10.6. The molecule has 0 radical (unpaired) electrons. The van der Waals surface area contributed by atoms with Crippen molar-refractivity contribution in [3.63, 3.8) is 0 Å². The molecule has 0 atom stereocenters. The summed E-state index contributed by atoms with van der Waals surface area (Å²) in [7, 11) is 1.75. The van der Waals surface area contributed by atoms with Crippen LogP contribution in [0.5, 0.6) is 0 Å². The number of amides is 1. The van der Waals surface area contributed by atoms with E-state index in [2.05, 4.69) is 12.2 Å². The number of benzene rings is 3. The number of carbonyl (C=O) groups is 1. The lowest BCUT2D eigenvalue weighted by Crippen LogP contribution is -2.23. The summed E-state index contributed by atoms with van der Waals surface area (Å²) >= 11 is 1.75. The van der Waals surface area contributed by atoms with E-state index < -0.39 is 5.91 Å². The maximum absolute atomic E-state index is 13.4. The first-order valence-corrected chi connectivity index (χ1v) is 14.0. The summed E-state index contributed by atoms with van der Waals surface area (Å²) in [6.07, 6.45) is 3.31. The van der Waals surface area contributed by atoms with Crippen LogP contribution in [0.15, 0.2) is 106 Å². The number of carbonyl (C=O) groups excluding carboxylic acids is 1. The van der Waals surface area contributed by atoms with Gasteiger partial charge in [0.2, 0.25) is 0 Å². The Morgan fingerprint density at radius 1 is 1.00 bits per heavy atom. The van der Waals surface area contributed by atoms with E-state index in [1.165, 1.54) is 10.8 Å². The summed E-state index contributed by atoms with van der Waals surface area (Å²) < 4.78 is 4.87. The molecule has 0 bridgehead atoms. The van der Waals surface area contributed by atoms with Gasteiger partial charge in [-0.1, -0.05) is 55.5 Å². The molecule has 0 spiro atoms. The molecule has 2 aromatic heterocycles. The zero-order valence-corrected chi connectivity index (χ0v) is 23.7. The molecule has 2 heterocycles. The average Bonchev–Trinajstić information content (AvgIpc) is 3.51. The molecule has 0 aliphatic heterocycles. The van der Waals surface area contributed by atoms with Crippen LogP contribution in [0.4, 0.5) is 5.69 Å². The van der Waals surface area contributed by atoms with Crippen molar-refractivity contribution in [1.29, 1.82) is 5.26 Å². The number of rotatable bonds is 8. The number of hydrogen-bond acceptors (Lipinski definition) is 5. The first-order chi connectivity index (χ1) is 19.9. The number of hydrogen-bond donors (Lipinski definition) is 1. The summed E-state index contributed by atoms with van der Waals surface area (Å²) in [5, 5.41) is 17.5. The fraction of sp³-hybridized carbons (Fsp3) is 0.125. The van der Waals surface area contributed by atoms with Crippen LogP contribution in [0, 0.1) is 18.3 Å². The van der Waals surface area contributed by atoms with Gasteiger partial charge in [0.05, 0.1) is 22.8 Å². The van der Waals surface area contributed by atoms with E-state index in [9.17, 15) is 14.9 Å². The Morgan fingerprint density at radius 2 is 1.63 bits per heavy atom. The molecule has 41 heavy (non-hydrogen) atoms. The highest BCUT2D eigenvalue weighted by atomic mass is 32.2. The second-order valence-electron chi connectivity index (χ2n) is 9.23. The minimum atomic E-state index is -0.674. The predicted molar refractivity (Wildman–Crippen MR) is 163 cm³/mol. The van der Waals surface area contributed by atoms with Crippen LogP contribution in [-0.2, 0) is 11.8 Å². The molecule has 9 heteroatoms. The van der Waals surface area contributed by atoms with E-state index in [1.54, 1.807) is 41.3 Å². The molecule has 1 N–H and O–H groups in total. The van der Waals surface area contributed by atoms with Gasteiger partial charge < -0.3 is 5.32 Å². The van der Waals surface area contributed by atoms with Crippen molar-refractivity contribution in [1.82, 2.24) is 19.1 Å². The molecule has 5 rings (SSSR count). The minimum Gasteiger partial charge on any atom is -0.315 e. The van der Waals surface area contributed by atoms with E-state index in [1.807, 2.05) is 91.0 Å². The number of anilines is 1. The maximum Gasteiger partial charge on any atom is 0.295 e. The SMILES string of the molecule is CCSc1ccc(-c2nn(-c3ccccc3)cc2C=C(C#N)C(=O)Nc2c(C)n(C)n(-c3ccccc3)c2=O)cc1. The molecule has 0 saturated carbocycles. The summed E-state index contributed by atoms with van der Waals surface area (Å²) in [4.78, 5) is 27.8. The lowest BCUT2D eigenvalue weighted by Gasteiger charge is -2.07. The van der Waals surface area contributed by atoms with Gasteiger partial charge in [0.15, 0.2) is 0 Å². The van der Waals surface area contributed by atoms with E-state index in [0.717, 1.165) is 21.9 Å². The smallest absolute Gasteiger partial charge is 0.295 e. The topological polar surface area (TPSA) is 97.6 Å². The van der Waals surface area contributed by atoms with Gasteiger partial charge in [-0.2, -0.15) is 10.4 Å². The Kier molecular flexibility index (Phi) is 8.04. The Hall–Kier alpha value is -5.07. The minimum absolute atomic E-state index is 0.117. The molecule has 0 aliphatic rings. The monoisotopic (exact) mass is 560 g/mol. The van der Waals surface area contributed by atoms with Gasteiger partial charge in [0.25, 0.3) is 11.5 Å². The highest BCUT2D eigenvalue weighted by molar-refractivity contribution is 7.99. The normalized spacial score (nSPS) is 11.3. The van der Waals surface area contributed by atoms with E-state index in [4.69, 9.17) is 5.10 Å². The summed E-state index contributed by atoms with van der Waals surface area (Å²) in [6.45, 7) is 3.85. The van der Waals surface area contributed by atoms with Crippen molar-refractivity contribution in [3.05, 3.63) is 118 Å². The zero-order chi connectivity index (χ0) is 28.9. The Balaban J connectivity index is 1.53. The molecular formula is C32H28N6O2S. The third-order valence-corrected chi connectivity index (χ3v) is 7.55. The van der Waals surface area contributed by atoms with Gasteiger partial charge in [-0.15, -0.1) is 11.8 Å². The summed E-state index contributed by atoms with van der Waals surface area (Å²) in [5.74, 6) is 0.292. The number of nitrogens with zero attached hydrogens (tertiary/aromatic N) is 5. The Bertz CT molecular complexity index is 1830. The number of aromatic nitrogens is 4. The fourth-order valence-corrected chi connectivity index (χ4v) is 5.17. The molecular weight excluding hydrogens is 532 g/mol. The van der Waals surface area contributed by atoms with Gasteiger partial charge in [-0.3, -0.25) is 14.3 Å². The second kappa shape index (κ2) is 12.0. The predicted octanol–water partition coefficient (Wildman–Crippen LogP) is 5.99.